The molecule has 1 atom stereocenters. The van der Waals surface area contributed by atoms with Gasteiger partial charge < -0.3 is 15.2 Å². The van der Waals surface area contributed by atoms with Gasteiger partial charge in [-0.2, -0.15) is 0 Å². The molecule has 2 N–H and O–H groups in total. The molecule has 1 aromatic rings. The Morgan fingerprint density at radius 3 is 2.88 bits per heavy atom. The van der Waals surface area contributed by atoms with Gasteiger partial charge in [0.25, 0.3) is 5.91 Å². The van der Waals surface area contributed by atoms with E-state index in [-0.39, 0.29) is 12.5 Å². The van der Waals surface area contributed by atoms with Crippen LogP contribution in [0.2, 0.25) is 0 Å². The Morgan fingerprint density at radius 1 is 1.59 bits per heavy atom. The molecule has 1 rings (SSSR count). The second-order valence-corrected chi connectivity index (χ2v) is 4.52. The molecule has 0 bridgehead atoms. The number of hydrogen-bond donors (Lipinski definition) is 2. The molecular weight excluding hydrogens is 286 g/mol. The molecule has 0 aliphatic carbocycles. The summed E-state index contributed by atoms with van der Waals surface area (Å²) in [6, 6.07) is 5.32. The maximum Gasteiger partial charge on any atom is 0.257 e. The van der Waals surface area contributed by atoms with Crippen LogP contribution in [0.4, 0.5) is 0 Å². The largest absolute Gasteiger partial charge is 0.483 e. The van der Waals surface area contributed by atoms with Crippen LogP contribution in [0.5, 0.6) is 5.75 Å². The van der Waals surface area contributed by atoms with E-state index in [4.69, 9.17) is 4.74 Å². The van der Waals surface area contributed by atoms with Crippen molar-refractivity contribution in [2.24, 2.45) is 0 Å². The van der Waals surface area contributed by atoms with Gasteiger partial charge in [-0.25, -0.2) is 0 Å². The minimum Gasteiger partial charge on any atom is -0.483 e. The first kappa shape index (κ1) is 14.0. The minimum absolute atomic E-state index is 0.0516. The first-order chi connectivity index (χ1) is 8.04. The van der Waals surface area contributed by atoms with Crippen molar-refractivity contribution < 1.29 is 14.6 Å². The summed E-state index contributed by atoms with van der Waals surface area (Å²) in [6.07, 6.45) is -0.632. The van der Waals surface area contributed by atoms with Gasteiger partial charge in [-0.15, -0.1) is 0 Å². The van der Waals surface area contributed by atoms with Crippen LogP contribution in [0.3, 0.4) is 0 Å². The Hall–Kier alpha value is -1.07. The maximum absolute atomic E-state index is 11.3. The van der Waals surface area contributed by atoms with E-state index in [1.54, 1.807) is 19.1 Å². The third-order valence-corrected chi connectivity index (χ3v) is 2.65. The monoisotopic (exact) mass is 301 g/mol. The van der Waals surface area contributed by atoms with E-state index >= 15 is 0 Å². The summed E-state index contributed by atoms with van der Waals surface area (Å²) in [5.41, 5.74) is 0.664. The fourth-order valence-corrected chi connectivity index (χ4v) is 1.71. The predicted octanol–water partition coefficient (Wildman–Crippen LogP) is 2.02. The molecule has 0 saturated heterocycles. The SMILES string of the molecule is CCNC(=O)COc1cc(Br)ccc1[C@H](C)O. The molecule has 0 aliphatic heterocycles. The number of benzene rings is 1. The lowest BCUT2D eigenvalue weighted by molar-refractivity contribution is -0.123. The molecule has 0 heterocycles. The van der Waals surface area contributed by atoms with E-state index in [0.717, 1.165) is 4.47 Å². The standard InChI is InChI=1S/C12H16BrNO3/c1-3-14-12(16)7-17-11-6-9(13)4-5-10(11)8(2)15/h4-6,8,15H,3,7H2,1-2H3,(H,14,16)/t8-/m0/s1. The van der Waals surface area contributed by atoms with Gasteiger partial charge in [0.15, 0.2) is 6.61 Å². The Kier molecular flexibility index (Phi) is 5.44. The van der Waals surface area contributed by atoms with Crippen LogP contribution in [0.25, 0.3) is 0 Å². The molecule has 1 aromatic carbocycles. The topological polar surface area (TPSA) is 58.6 Å². The van der Waals surface area contributed by atoms with Gasteiger partial charge in [0, 0.05) is 16.6 Å². The highest BCUT2D eigenvalue weighted by Gasteiger charge is 2.11. The number of aliphatic hydroxyl groups excluding tert-OH is 1. The average molecular weight is 302 g/mol. The number of carbonyl (C=O) groups is 1. The second-order valence-electron chi connectivity index (χ2n) is 3.60. The van der Waals surface area contributed by atoms with E-state index in [1.807, 2.05) is 13.0 Å². The van der Waals surface area contributed by atoms with E-state index < -0.39 is 6.10 Å². The second kappa shape index (κ2) is 6.61. The lowest BCUT2D eigenvalue weighted by atomic mass is 10.1. The molecular formula is C12H16BrNO3. The third-order valence-electron chi connectivity index (χ3n) is 2.16. The van der Waals surface area contributed by atoms with Crippen LogP contribution in [-0.2, 0) is 4.79 Å². The van der Waals surface area contributed by atoms with Crippen molar-refractivity contribution in [3.8, 4) is 5.75 Å². The fraction of sp³-hybridized carbons (Fsp3) is 0.417. The summed E-state index contributed by atoms with van der Waals surface area (Å²) in [6.45, 7) is 4.02. The number of ether oxygens (including phenoxy) is 1. The summed E-state index contributed by atoms with van der Waals surface area (Å²) in [4.78, 5) is 11.3. The molecule has 0 unspecified atom stereocenters. The van der Waals surface area contributed by atoms with Crippen molar-refractivity contribution in [3.63, 3.8) is 0 Å². The molecule has 5 heteroatoms. The van der Waals surface area contributed by atoms with Crippen molar-refractivity contribution in [1.29, 1.82) is 0 Å². The summed E-state index contributed by atoms with van der Waals surface area (Å²) < 4.78 is 6.23. The Morgan fingerprint density at radius 2 is 2.29 bits per heavy atom. The normalized spacial score (nSPS) is 12.0. The lowest BCUT2D eigenvalue weighted by Gasteiger charge is -2.13. The predicted molar refractivity (Wildman–Crippen MR) is 69.0 cm³/mol. The van der Waals surface area contributed by atoms with Crippen LogP contribution in [0, 0.1) is 0 Å². The number of nitrogens with one attached hydrogen (secondary N) is 1. The lowest BCUT2D eigenvalue weighted by Crippen LogP contribution is -2.28. The Labute approximate surface area is 109 Å². The molecule has 1 amide bonds. The van der Waals surface area contributed by atoms with Crippen LogP contribution >= 0.6 is 15.9 Å². The number of rotatable bonds is 5. The van der Waals surface area contributed by atoms with Crippen LogP contribution in [0.1, 0.15) is 25.5 Å². The van der Waals surface area contributed by atoms with Gasteiger partial charge in [-0.1, -0.05) is 22.0 Å². The van der Waals surface area contributed by atoms with Crippen molar-refractivity contribution in [2.45, 2.75) is 20.0 Å². The summed E-state index contributed by atoms with van der Waals surface area (Å²) in [7, 11) is 0. The Bertz CT molecular complexity index is 393. The highest BCUT2D eigenvalue weighted by atomic mass is 79.9. The highest BCUT2D eigenvalue weighted by molar-refractivity contribution is 9.10. The summed E-state index contributed by atoms with van der Waals surface area (Å²) >= 11 is 3.32. The van der Waals surface area contributed by atoms with Crippen LogP contribution < -0.4 is 10.1 Å². The molecule has 0 aliphatic rings. The van der Waals surface area contributed by atoms with E-state index in [0.29, 0.717) is 17.9 Å². The number of likely N-dealkylation sites (N-methyl/N-ethyl adjacent to an activating group) is 1. The van der Waals surface area contributed by atoms with Crippen LogP contribution in [-0.4, -0.2) is 24.2 Å². The third kappa shape index (κ3) is 4.36. The zero-order valence-corrected chi connectivity index (χ0v) is 11.5. The molecule has 0 radical (unpaired) electrons. The van der Waals surface area contributed by atoms with E-state index in [2.05, 4.69) is 21.2 Å². The zero-order chi connectivity index (χ0) is 12.8. The summed E-state index contributed by atoms with van der Waals surface area (Å²) in [5.74, 6) is 0.338. The number of halogens is 1. The fourth-order valence-electron chi connectivity index (χ4n) is 1.37. The van der Waals surface area contributed by atoms with Gasteiger partial charge in [-0.05, 0) is 26.0 Å². The zero-order valence-electron chi connectivity index (χ0n) is 9.87. The van der Waals surface area contributed by atoms with Crippen LogP contribution in [0.15, 0.2) is 22.7 Å². The quantitative estimate of drug-likeness (QED) is 0.875. The number of amides is 1. The minimum atomic E-state index is -0.632. The molecule has 0 fully saturated rings. The Balaban J connectivity index is 2.75. The van der Waals surface area contributed by atoms with Gasteiger partial charge in [0.1, 0.15) is 5.75 Å². The summed E-state index contributed by atoms with van der Waals surface area (Å²) in [5, 5.41) is 12.2. The average Bonchev–Trinajstić information content (AvgIpc) is 2.26. The van der Waals surface area contributed by atoms with Crippen molar-refractivity contribution in [3.05, 3.63) is 28.2 Å². The molecule has 0 aromatic heterocycles. The number of carbonyl (C=O) groups excluding carboxylic acids is 1. The van der Waals surface area contributed by atoms with E-state index in [9.17, 15) is 9.90 Å². The van der Waals surface area contributed by atoms with Crippen molar-refractivity contribution >= 4 is 21.8 Å². The molecule has 94 valence electrons. The van der Waals surface area contributed by atoms with Crippen molar-refractivity contribution in [1.82, 2.24) is 5.32 Å². The van der Waals surface area contributed by atoms with Gasteiger partial charge >= 0.3 is 0 Å². The van der Waals surface area contributed by atoms with Gasteiger partial charge in [-0.3, -0.25) is 4.79 Å². The first-order valence-electron chi connectivity index (χ1n) is 5.41. The first-order valence-corrected chi connectivity index (χ1v) is 6.21. The molecule has 4 nitrogen and oxygen atoms in total. The molecule has 17 heavy (non-hydrogen) atoms. The number of aliphatic hydroxyl groups is 1. The maximum atomic E-state index is 11.3. The van der Waals surface area contributed by atoms with Gasteiger partial charge in [0.05, 0.1) is 6.10 Å². The van der Waals surface area contributed by atoms with Crippen molar-refractivity contribution in [2.75, 3.05) is 13.2 Å². The molecule has 0 saturated carbocycles. The number of hydrogen-bond acceptors (Lipinski definition) is 3. The molecule has 0 spiro atoms. The smallest absolute Gasteiger partial charge is 0.257 e. The van der Waals surface area contributed by atoms with E-state index in [1.165, 1.54) is 0 Å². The highest BCUT2D eigenvalue weighted by Crippen LogP contribution is 2.28. The van der Waals surface area contributed by atoms with Gasteiger partial charge in [0.2, 0.25) is 0 Å².